The molecule has 3 nitrogen and oxygen atoms in total. The van der Waals surface area contributed by atoms with Crippen molar-refractivity contribution in [3.63, 3.8) is 0 Å². The highest BCUT2D eigenvalue weighted by Crippen LogP contribution is 2.00. The Hall–Kier alpha value is -0.220. The number of methoxy groups -OCH3 is 1. The molecule has 0 aliphatic carbocycles. The Morgan fingerprint density at radius 1 is 1.67 bits per heavy atom. The van der Waals surface area contributed by atoms with Crippen molar-refractivity contribution in [2.75, 3.05) is 26.8 Å². The molecule has 0 bridgehead atoms. The van der Waals surface area contributed by atoms with E-state index in [1.807, 2.05) is 6.92 Å². The lowest BCUT2D eigenvalue weighted by molar-refractivity contribution is -0.130. The van der Waals surface area contributed by atoms with Crippen LogP contribution in [0, 0.1) is 0 Å². The maximum atomic E-state index is 11.4. The Morgan fingerprint density at radius 2 is 2.25 bits per heavy atom. The number of amides is 1. The van der Waals surface area contributed by atoms with E-state index in [0.29, 0.717) is 19.7 Å². The van der Waals surface area contributed by atoms with Gasteiger partial charge >= 0.3 is 0 Å². The minimum atomic E-state index is -0.221. The Bertz CT molecular complexity index is 139. The first-order valence-corrected chi connectivity index (χ1v) is 4.60. The molecule has 0 aromatic heterocycles. The lowest BCUT2D eigenvalue weighted by Gasteiger charge is -2.21. The van der Waals surface area contributed by atoms with E-state index in [0.717, 1.165) is 0 Å². The molecule has 4 heteroatoms. The number of rotatable bonds is 5. The molecule has 0 aliphatic heterocycles. The zero-order chi connectivity index (χ0) is 9.56. The Labute approximate surface area is 79.5 Å². The zero-order valence-electron chi connectivity index (χ0n) is 7.91. The van der Waals surface area contributed by atoms with E-state index in [4.69, 9.17) is 4.74 Å². The van der Waals surface area contributed by atoms with E-state index in [1.165, 1.54) is 0 Å². The van der Waals surface area contributed by atoms with Crippen LogP contribution in [0.4, 0.5) is 0 Å². The zero-order valence-corrected chi connectivity index (χ0v) is 8.80. The number of hydrogen-bond donors (Lipinski definition) is 1. The van der Waals surface area contributed by atoms with Crippen LogP contribution in [0.5, 0.6) is 0 Å². The largest absolute Gasteiger partial charge is 0.383 e. The second kappa shape index (κ2) is 6.31. The molecule has 0 fully saturated rings. The van der Waals surface area contributed by atoms with Gasteiger partial charge in [-0.15, -0.1) is 0 Å². The molecule has 0 N–H and O–H groups in total. The highest BCUT2D eigenvalue weighted by atomic mass is 32.1. The maximum absolute atomic E-state index is 11.4. The normalized spacial score (nSPS) is 12.7. The second-order valence-electron chi connectivity index (χ2n) is 2.59. The number of thiol groups is 1. The monoisotopic (exact) mass is 191 g/mol. The van der Waals surface area contributed by atoms with Gasteiger partial charge < -0.3 is 9.64 Å². The summed E-state index contributed by atoms with van der Waals surface area (Å²) in [6.45, 7) is 5.68. The fourth-order valence-electron chi connectivity index (χ4n) is 0.890. The summed E-state index contributed by atoms with van der Waals surface area (Å²) >= 11 is 4.08. The maximum Gasteiger partial charge on any atom is 0.235 e. The summed E-state index contributed by atoms with van der Waals surface area (Å²) in [6.07, 6.45) is 0. The lowest BCUT2D eigenvalue weighted by atomic mass is 10.3. The van der Waals surface area contributed by atoms with Crippen molar-refractivity contribution >= 4 is 18.5 Å². The summed E-state index contributed by atoms with van der Waals surface area (Å²) in [7, 11) is 1.63. The molecule has 0 aliphatic rings. The molecule has 0 spiro atoms. The average molecular weight is 191 g/mol. The van der Waals surface area contributed by atoms with Crippen LogP contribution in [0.25, 0.3) is 0 Å². The van der Waals surface area contributed by atoms with E-state index in [9.17, 15) is 4.79 Å². The molecule has 0 aromatic carbocycles. The summed E-state index contributed by atoms with van der Waals surface area (Å²) in [5, 5.41) is -0.221. The molecule has 0 rings (SSSR count). The summed E-state index contributed by atoms with van der Waals surface area (Å²) < 4.78 is 4.89. The topological polar surface area (TPSA) is 29.5 Å². The SMILES string of the molecule is CCN(CCOC)C(=O)C(C)S. The number of ether oxygens (including phenoxy) is 1. The minimum Gasteiger partial charge on any atom is -0.383 e. The molecule has 0 aromatic rings. The first-order valence-electron chi connectivity index (χ1n) is 4.09. The van der Waals surface area contributed by atoms with Gasteiger partial charge in [0.1, 0.15) is 0 Å². The third kappa shape index (κ3) is 3.97. The first-order chi connectivity index (χ1) is 5.63. The van der Waals surface area contributed by atoms with Crippen LogP contribution in [0.1, 0.15) is 13.8 Å². The van der Waals surface area contributed by atoms with Gasteiger partial charge in [-0.3, -0.25) is 4.79 Å². The minimum absolute atomic E-state index is 0.0675. The van der Waals surface area contributed by atoms with Gasteiger partial charge in [-0.2, -0.15) is 12.6 Å². The Kier molecular flexibility index (Phi) is 6.20. The first kappa shape index (κ1) is 11.8. The molecule has 1 unspecified atom stereocenters. The Morgan fingerprint density at radius 3 is 2.58 bits per heavy atom. The summed E-state index contributed by atoms with van der Waals surface area (Å²) in [5.74, 6) is 0.0675. The lowest BCUT2D eigenvalue weighted by Crippen LogP contribution is -2.37. The fourth-order valence-corrected chi connectivity index (χ4v) is 1.05. The predicted octanol–water partition coefficient (Wildman–Crippen LogP) is 0.800. The van der Waals surface area contributed by atoms with Crippen molar-refractivity contribution in [3.8, 4) is 0 Å². The van der Waals surface area contributed by atoms with Crippen LogP contribution in [0.15, 0.2) is 0 Å². The van der Waals surface area contributed by atoms with Crippen LogP contribution in [0.2, 0.25) is 0 Å². The van der Waals surface area contributed by atoms with Gasteiger partial charge in [-0.1, -0.05) is 0 Å². The summed E-state index contributed by atoms with van der Waals surface area (Å²) in [6, 6.07) is 0. The van der Waals surface area contributed by atoms with Crippen LogP contribution in [0.3, 0.4) is 0 Å². The number of nitrogens with zero attached hydrogens (tertiary/aromatic N) is 1. The molecule has 0 heterocycles. The molecule has 72 valence electrons. The number of carbonyl (C=O) groups excluding carboxylic acids is 1. The van der Waals surface area contributed by atoms with Crippen molar-refractivity contribution in [3.05, 3.63) is 0 Å². The van der Waals surface area contributed by atoms with E-state index in [2.05, 4.69) is 12.6 Å². The number of likely N-dealkylation sites (N-methyl/N-ethyl adjacent to an activating group) is 1. The van der Waals surface area contributed by atoms with Crippen molar-refractivity contribution in [1.29, 1.82) is 0 Å². The second-order valence-corrected chi connectivity index (χ2v) is 3.36. The van der Waals surface area contributed by atoms with Crippen LogP contribution >= 0.6 is 12.6 Å². The fraction of sp³-hybridized carbons (Fsp3) is 0.875. The van der Waals surface area contributed by atoms with Gasteiger partial charge in [0.05, 0.1) is 11.9 Å². The highest BCUT2D eigenvalue weighted by Gasteiger charge is 2.14. The van der Waals surface area contributed by atoms with Gasteiger partial charge in [0, 0.05) is 20.2 Å². The third-order valence-electron chi connectivity index (χ3n) is 1.62. The van der Waals surface area contributed by atoms with Crippen molar-refractivity contribution in [1.82, 2.24) is 4.90 Å². The Balaban J connectivity index is 3.88. The van der Waals surface area contributed by atoms with E-state index in [1.54, 1.807) is 18.9 Å². The van der Waals surface area contributed by atoms with Gasteiger partial charge in [-0.25, -0.2) is 0 Å². The van der Waals surface area contributed by atoms with Crippen LogP contribution in [-0.2, 0) is 9.53 Å². The smallest absolute Gasteiger partial charge is 0.235 e. The molecule has 1 amide bonds. The van der Waals surface area contributed by atoms with Gasteiger partial charge in [0.25, 0.3) is 0 Å². The average Bonchev–Trinajstić information content (AvgIpc) is 2.05. The standard InChI is InChI=1S/C8H17NO2S/c1-4-9(5-6-11-3)8(10)7(2)12/h7,12H,4-6H2,1-3H3. The highest BCUT2D eigenvalue weighted by molar-refractivity contribution is 7.81. The molecular formula is C8H17NO2S. The number of hydrogen-bond acceptors (Lipinski definition) is 3. The van der Waals surface area contributed by atoms with Crippen molar-refractivity contribution in [2.45, 2.75) is 19.1 Å². The van der Waals surface area contributed by atoms with E-state index < -0.39 is 0 Å². The summed E-state index contributed by atoms with van der Waals surface area (Å²) in [4.78, 5) is 13.1. The van der Waals surface area contributed by atoms with E-state index >= 15 is 0 Å². The molecule has 12 heavy (non-hydrogen) atoms. The summed E-state index contributed by atoms with van der Waals surface area (Å²) in [5.41, 5.74) is 0. The van der Waals surface area contributed by atoms with Crippen molar-refractivity contribution in [2.24, 2.45) is 0 Å². The number of carbonyl (C=O) groups is 1. The molecular weight excluding hydrogens is 174 g/mol. The molecule has 1 atom stereocenters. The van der Waals surface area contributed by atoms with Crippen molar-refractivity contribution < 1.29 is 9.53 Å². The van der Waals surface area contributed by atoms with Gasteiger partial charge in [-0.05, 0) is 13.8 Å². The molecule has 0 radical (unpaired) electrons. The van der Waals surface area contributed by atoms with Gasteiger partial charge in [0.15, 0.2) is 0 Å². The predicted molar refractivity (Wildman–Crippen MR) is 52.6 cm³/mol. The quantitative estimate of drug-likeness (QED) is 0.651. The molecule has 0 saturated carbocycles. The third-order valence-corrected chi connectivity index (χ3v) is 1.84. The molecule has 0 saturated heterocycles. The van der Waals surface area contributed by atoms with Gasteiger partial charge in [0.2, 0.25) is 5.91 Å². The van der Waals surface area contributed by atoms with Crippen LogP contribution < -0.4 is 0 Å². The van der Waals surface area contributed by atoms with Crippen LogP contribution in [-0.4, -0.2) is 42.9 Å². The van der Waals surface area contributed by atoms with E-state index in [-0.39, 0.29) is 11.2 Å².